The second kappa shape index (κ2) is 8.09. The third-order valence-corrected chi connectivity index (χ3v) is 7.84. The van der Waals surface area contributed by atoms with E-state index in [9.17, 15) is 13.2 Å². The number of sulfonamides is 1. The Kier molecular flexibility index (Phi) is 5.99. The molecule has 2 aromatic heterocycles. The van der Waals surface area contributed by atoms with Crippen LogP contribution in [0.5, 0.6) is 0 Å². The van der Waals surface area contributed by atoms with Crippen LogP contribution in [0.1, 0.15) is 17.7 Å². The fraction of sp³-hybridized carbons (Fsp3) is 0.529. The van der Waals surface area contributed by atoms with E-state index in [2.05, 4.69) is 10.4 Å². The summed E-state index contributed by atoms with van der Waals surface area (Å²) in [5.41, 5.74) is 0.579. The van der Waals surface area contributed by atoms with Crippen molar-refractivity contribution in [2.24, 2.45) is 0 Å². The number of aromatic nitrogens is 2. The van der Waals surface area contributed by atoms with Gasteiger partial charge in [-0.05, 0) is 46.0 Å². The van der Waals surface area contributed by atoms with Gasteiger partial charge in [0.15, 0.2) is 0 Å². The molecule has 148 valence electrons. The zero-order valence-electron chi connectivity index (χ0n) is 15.8. The third-order valence-electron chi connectivity index (χ3n) is 4.46. The van der Waals surface area contributed by atoms with Gasteiger partial charge in [-0.25, -0.2) is 8.42 Å². The highest BCUT2D eigenvalue weighted by Gasteiger charge is 2.40. The third kappa shape index (κ3) is 4.57. The van der Waals surface area contributed by atoms with Crippen LogP contribution in [-0.4, -0.2) is 66.5 Å². The molecule has 0 aliphatic carbocycles. The number of nitrogens with zero attached hydrogens (tertiary/aromatic N) is 4. The average Bonchev–Trinajstić information content (AvgIpc) is 3.33. The van der Waals surface area contributed by atoms with Crippen LogP contribution in [0, 0.1) is 6.92 Å². The molecule has 3 rings (SSSR count). The van der Waals surface area contributed by atoms with Gasteiger partial charge < -0.3 is 10.2 Å². The molecular formula is C17H25N5O3S2. The number of carbonyl (C=O) groups excluding carboxylic acids is 1. The van der Waals surface area contributed by atoms with Crippen LogP contribution in [0.4, 0.5) is 5.69 Å². The van der Waals surface area contributed by atoms with Gasteiger partial charge in [0.25, 0.3) is 10.0 Å². The van der Waals surface area contributed by atoms with E-state index in [-0.39, 0.29) is 10.1 Å². The van der Waals surface area contributed by atoms with Gasteiger partial charge in [0.05, 0.1) is 18.4 Å². The van der Waals surface area contributed by atoms with Crippen molar-refractivity contribution in [1.82, 2.24) is 19.0 Å². The first kappa shape index (κ1) is 20.0. The van der Waals surface area contributed by atoms with E-state index in [0.717, 1.165) is 11.4 Å². The summed E-state index contributed by atoms with van der Waals surface area (Å²) >= 11 is 1.23. The number of carbonyl (C=O) groups is 1. The summed E-state index contributed by atoms with van der Waals surface area (Å²) in [5.74, 6) is -0.309. The predicted molar refractivity (Wildman–Crippen MR) is 105 cm³/mol. The molecule has 1 unspecified atom stereocenters. The molecule has 1 amide bonds. The summed E-state index contributed by atoms with van der Waals surface area (Å²) in [7, 11) is 0.312. The first-order chi connectivity index (χ1) is 12.8. The van der Waals surface area contributed by atoms with Crippen LogP contribution in [0.25, 0.3) is 0 Å². The number of likely N-dealkylation sites (N-methyl/N-ethyl adjacent to an activating group) is 1. The molecule has 10 heteroatoms. The van der Waals surface area contributed by atoms with Crippen LogP contribution < -0.4 is 5.32 Å². The van der Waals surface area contributed by atoms with Crippen LogP contribution in [-0.2, 0) is 21.4 Å². The fourth-order valence-corrected chi connectivity index (χ4v) is 6.10. The maximum absolute atomic E-state index is 12.9. The normalized spacial score (nSPS) is 18.3. The second-order valence-electron chi connectivity index (χ2n) is 6.92. The lowest BCUT2D eigenvalue weighted by molar-refractivity contribution is -0.119. The van der Waals surface area contributed by atoms with Gasteiger partial charge in [-0.3, -0.25) is 9.48 Å². The largest absolute Gasteiger partial charge is 0.322 e. The molecular weight excluding hydrogens is 386 g/mol. The number of thiophene rings is 1. The molecule has 8 nitrogen and oxygen atoms in total. The van der Waals surface area contributed by atoms with E-state index in [4.69, 9.17) is 0 Å². The van der Waals surface area contributed by atoms with Crippen molar-refractivity contribution in [2.75, 3.05) is 32.5 Å². The highest BCUT2D eigenvalue weighted by molar-refractivity contribution is 7.91. The Bertz CT molecular complexity index is 903. The molecule has 27 heavy (non-hydrogen) atoms. The summed E-state index contributed by atoms with van der Waals surface area (Å²) in [6, 6.07) is 2.70. The zero-order chi connectivity index (χ0) is 19.6. The van der Waals surface area contributed by atoms with Gasteiger partial charge in [-0.15, -0.1) is 11.3 Å². The molecule has 3 heterocycles. The molecule has 0 aromatic carbocycles. The molecule has 1 saturated heterocycles. The summed E-state index contributed by atoms with van der Waals surface area (Å²) in [6.45, 7) is 3.78. The van der Waals surface area contributed by atoms with Crippen molar-refractivity contribution >= 4 is 33.0 Å². The summed E-state index contributed by atoms with van der Waals surface area (Å²) in [5, 5.41) is 7.04. The zero-order valence-corrected chi connectivity index (χ0v) is 17.4. The number of nitrogens with one attached hydrogen (secondary N) is 1. The Hall–Kier alpha value is -1.75. The minimum atomic E-state index is -3.65. The van der Waals surface area contributed by atoms with Gasteiger partial charge in [-0.1, -0.05) is 0 Å². The number of hydrogen-bond acceptors (Lipinski definition) is 6. The number of hydrogen-bond donors (Lipinski definition) is 1. The number of rotatable bonds is 7. The van der Waals surface area contributed by atoms with Gasteiger partial charge in [0.2, 0.25) is 5.91 Å². The van der Waals surface area contributed by atoms with Crippen LogP contribution >= 0.6 is 11.3 Å². The highest BCUT2D eigenvalue weighted by atomic mass is 32.2. The van der Waals surface area contributed by atoms with Gasteiger partial charge in [-0.2, -0.15) is 9.40 Å². The quantitative estimate of drug-likeness (QED) is 0.748. The fourth-order valence-electron chi connectivity index (χ4n) is 3.03. The Morgan fingerprint density at radius 1 is 1.41 bits per heavy atom. The minimum absolute atomic E-state index is 0.288. The molecule has 0 saturated carbocycles. The Labute approximate surface area is 163 Å². The second-order valence-corrected chi connectivity index (χ2v) is 10.3. The molecule has 0 bridgehead atoms. The summed E-state index contributed by atoms with van der Waals surface area (Å²) in [4.78, 5) is 15.7. The maximum Gasteiger partial charge on any atom is 0.253 e. The lowest BCUT2D eigenvalue weighted by Crippen LogP contribution is -2.42. The minimum Gasteiger partial charge on any atom is -0.322 e. The molecule has 1 aliphatic rings. The van der Waals surface area contributed by atoms with E-state index in [1.54, 1.807) is 29.2 Å². The van der Waals surface area contributed by atoms with Crippen molar-refractivity contribution in [3.05, 3.63) is 29.4 Å². The first-order valence-corrected chi connectivity index (χ1v) is 11.1. The molecule has 0 spiro atoms. The van der Waals surface area contributed by atoms with Crippen LogP contribution in [0.3, 0.4) is 0 Å². The number of anilines is 1. The molecule has 2 aromatic rings. The topological polar surface area (TPSA) is 87.5 Å². The Balaban J connectivity index is 1.69. The van der Waals surface area contributed by atoms with E-state index in [0.29, 0.717) is 31.6 Å². The molecule has 1 atom stereocenters. The standard InChI is InChI=1S/C17H25N5O3S2/c1-13-6-7-16(26-13)27(24,25)22-8-4-5-15(22)17(23)19-14-11-18-21(12-14)10-9-20(2)3/h6-7,11-12,15H,4-5,8-10H2,1-3H3,(H,19,23). The Morgan fingerprint density at radius 2 is 2.19 bits per heavy atom. The molecule has 1 aliphatic heterocycles. The van der Waals surface area contributed by atoms with Crippen LogP contribution in [0.2, 0.25) is 0 Å². The van der Waals surface area contributed by atoms with E-state index >= 15 is 0 Å². The van der Waals surface area contributed by atoms with Crippen LogP contribution in [0.15, 0.2) is 28.7 Å². The molecule has 0 radical (unpaired) electrons. The lowest BCUT2D eigenvalue weighted by Gasteiger charge is -2.22. The number of aryl methyl sites for hydroxylation is 1. The van der Waals surface area contributed by atoms with Crippen molar-refractivity contribution in [3.8, 4) is 0 Å². The van der Waals surface area contributed by atoms with Gasteiger partial charge in [0.1, 0.15) is 10.3 Å². The van der Waals surface area contributed by atoms with Crippen molar-refractivity contribution in [3.63, 3.8) is 0 Å². The summed E-state index contributed by atoms with van der Waals surface area (Å²) in [6.07, 6.45) is 4.54. The van der Waals surface area contributed by atoms with Crippen molar-refractivity contribution in [1.29, 1.82) is 0 Å². The van der Waals surface area contributed by atoms with Crippen molar-refractivity contribution in [2.45, 2.75) is 36.6 Å². The average molecular weight is 412 g/mol. The highest BCUT2D eigenvalue weighted by Crippen LogP contribution is 2.30. The SMILES string of the molecule is Cc1ccc(S(=O)(=O)N2CCCC2C(=O)Nc2cnn(CCN(C)C)c2)s1. The van der Waals surface area contributed by atoms with E-state index < -0.39 is 16.1 Å². The van der Waals surface area contributed by atoms with Gasteiger partial charge in [0, 0.05) is 24.2 Å². The Morgan fingerprint density at radius 3 is 2.85 bits per heavy atom. The first-order valence-electron chi connectivity index (χ1n) is 8.84. The van der Waals surface area contributed by atoms with E-state index in [1.165, 1.54) is 15.6 Å². The predicted octanol–water partition coefficient (Wildman–Crippen LogP) is 1.61. The summed E-state index contributed by atoms with van der Waals surface area (Å²) < 4.78 is 29.2. The van der Waals surface area contributed by atoms with Crippen molar-refractivity contribution < 1.29 is 13.2 Å². The number of amides is 1. The van der Waals surface area contributed by atoms with Gasteiger partial charge >= 0.3 is 0 Å². The lowest BCUT2D eigenvalue weighted by atomic mass is 10.2. The monoisotopic (exact) mass is 411 g/mol. The molecule has 1 fully saturated rings. The van der Waals surface area contributed by atoms with E-state index in [1.807, 2.05) is 25.9 Å². The smallest absolute Gasteiger partial charge is 0.253 e. The maximum atomic E-state index is 12.9. The molecule has 1 N–H and O–H groups in total.